The first-order chi connectivity index (χ1) is 32.1. The number of aromatic nitrogens is 4. The predicted octanol–water partition coefficient (Wildman–Crippen LogP) is 21.1. The van der Waals surface area contributed by atoms with Crippen LogP contribution >= 0.6 is 57.1 Å². The molecule has 0 aliphatic rings. The maximum Gasteiger partial charge on any atom is 0.113 e. The third-order valence-corrected chi connectivity index (χ3v) is 20.8. The van der Waals surface area contributed by atoms with Crippen molar-refractivity contribution >= 4 is 129 Å². The van der Waals surface area contributed by atoms with Crippen LogP contribution in [0.4, 0.5) is 0 Å². The molecule has 1 aromatic carbocycles. The number of hydrogen-bond donors (Lipinski definition) is 1. The molecule has 7 aromatic heterocycles. The topological polar surface area (TPSA) is 46.5 Å². The van der Waals surface area contributed by atoms with Crippen LogP contribution in [0.15, 0.2) is 5.38 Å². The molecule has 2 atom stereocenters. The Morgan fingerprint density at radius 1 is 0.523 bits per heavy atom. The first-order valence-electron chi connectivity index (χ1n) is 27.0. The Morgan fingerprint density at radius 2 is 1.12 bits per heavy atom. The van der Waals surface area contributed by atoms with Crippen LogP contribution in [0.3, 0.4) is 0 Å². The Labute approximate surface area is 412 Å². The molecule has 0 amide bonds. The zero-order valence-corrected chi connectivity index (χ0v) is 45.4. The van der Waals surface area contributed by atoms with Crippen molar-refractivity contribution in [3.05, 3.63) is 21.4 Å². The molecule has 0 aliphatic heterocycles. The third kappa shape index (κ3) is 10.9. The summed E-state index contributed by atoms with van der Waals surface area (Å²) < 4.78 is 20.8. The Morgan fingerprint density at radius 3 is 1.77 bits per heavy atom. The van der Waals surface area contributed by atoms with E-state index >= 15 is 0 Å². The average molecular weight is 972 g/mol. The van der Waals surface area contributed by atoms with Gasteiger partial charge < -0.3 is 4.57 Å². The summed E-state index contributed by atoms with van der Waals surface area (Å²) in [6, 6.07) is 0. The van der Waals surface area contributed by atoms with Gasteiger partial charge in [0.1, 0.15) is 11.0 Å². The predicted molar refractivity (Wildman–Crippen MR) is 298 cm³/mol. The lowest BCUT2D eigenvalue weighted by Gasteiger charge is -2.17. The van der Waals surface area contributed by atoms with Crippen LogP contribution in [0.25, 0.3) is 72.1 Å². The zero-order chi connectivity index (χ0) is 45.1. The number of aromatic amines is 1. The Kier molecular flexibility index (Phi) is 18.6. The SMILES string of the molecule is CCCCCCCCCCCc1csc2c1sc1c2nc2c1c1[nH]snc1c1c3sc4c(CCCCCCCCCCC)c(CC(CC)CCCC)sc4c3n(CC(CC)CCCC)c21. The summed E-state index contributed by atoms with van der Waals surface area (Å²) in [5, 5.41) is 5.15. The van der Waals surface area contributed by atoms with Gasteiger partial charge in [0.2, 0.25) is 0 Å². The average Bonchev–Trinajstić information content (AvgIpc) is 4.19. The van der Waals surface area contributed by atoms with Gasteiger partial charge in [0.05, 0.1) is 50.3 Å². The number of nitrogens with zero attached hydrogens (tertiary/aromatic N) is 3. The second-order valence-electron chi connectivity index (χ2n) is 20.0. The highest BCUT2D eigenvalue weighted by Crippen LogP contribution is 2.53. The lowest BCUT2D eigenvalue weighted by atomic mass is 9.93. The van der Waals surface area contributed by atoms with Gasteiger partial charge in [0.25, 0.3) is 0 Å². The highest BCUT2D eigenvalue weighted by molar-refractivity contribution is 7.34. The molecule has 0 aliphatic carbocycles. The molecular weight excluding hydrogens is 889 g/mol. The highest BCUT2D eigenvalue weighted by atomic mass is 32.1. The van der Waals surface area contributed by atoms with Crippen LogP contribution in [-0.4, -0.2) is 18.3 Å². The van der Waals surface area contributed by atoms with Crippen molar-refractivity contribution in [1.29, 1.82) is 0 Å². The molecule has 2 unspecified atom stereocenters. The lowest BCUT2D eigenvalue weighted by Crippen LogP contribution is -2.10. The van der Waals surface area contributed by atoms with Crippen molar-refractivity contribution in [3.8, 4) is 0 Å². The van der Waals surface area contributed by atoms with E-state index in [9.17, 15) is 0 Å². The van der Waals surface area contributed by atoms with Crippen LogP contribution in [0, 0.1) is 11.8 Å². The fourth-order valence-corrected chi connectivity index (χ4v) is 17.4. The van der Waals surface area contributed by atoms with Crippen LogP contribution < -0.4 is 0 Å². The normalized spacial score (nSPS) is 13.6. The van der Waals surface area contributed by atoms with Crippen molar-refractivity contribution in [2.24, 2.45) is 11.8 Å². The van der Waals surface area contributed by atoms with Gasteiger partial charge in [-0.2, -0.15) is 4.37 Å². The maximum absolute atomic E-state index is 5.79. The van der Waals surface area contributed by atoms with Crippen molar-refractivity contribution in [1.82, 2.24) is 18.3 Å². The second-order valence-corrected chi connectivity index (χ2v) is 24.6. The van der Waals surface area contributed by atoms with Crippen LogP contribution in [0.5, 0.6) is 0 Å². The van der Waals surface area contributed by atoms with Crippen LogP contribution in [0.2, 0.25) is 0 Å². The van der Waals surface area contributed by atoms with E-state index in [4.69, 9.17) is 9.36 Å². The summed E-state index contributed by atoms with van der Waals surface area (Å²) in [6.45, 7) is 15.3. The van der Waals surface area contributed by atoms with E-state index in [0.29, 0.717) is 5.92 Å². The molecule has 0 bridgehead atoms. The summed E-state index contributed by atoms with van der Waals surface area (Å²) in [4.78, 5) is 7.49. The largest absolute Gasteiger partial charge is 0.336 e. The smallest absolute Gasteiger partial charge is 0.113 e. The Hall–Kier alpha value is -2.04. The van der Waals surface area contributed by atoms with Gasteiger partial charge in [0.15, 0.2) is 0 Å². The number of thiophene rings is 4. The van der Waals surface area contributed by atoms with Crippen molar-refractivity contribution < 1.29 is 0 Å². The van der Waals surface area contributed by atoms with Gasteiger partial charge in [-0.3, -0.25) is 4.37 Å². The minimum Gasteiger partial charge on any atom is -0.336 e. The molecule has 356 valence electrons. The summed E-state index contributed by atoms with van der Waals surface area (Å²) >= 11 is 9.80. The fraction of sp³-hybridized carbons (Fsp3) is 0.679. The molecule has 0 spiro atoms. The molecule has 4 nitrogen and oxygen atoms in total. The number of benzene rings is 1. The number of rotatable bonds is 32. The van der Waals surface area contributed by atoms with Crippen LogP contribution in [-0.2, 0) is 25.8 Å². The summed E-state index contributed by atoms with van der Waals surface area (Å²) in [6.07, 6.45) is 38.8. The van der Waals surface area contributed by atoms with Gasteiger partial charge in [0, 0.05) is 33.9 Å². The van der Waals surface area contributed by atoms with Crippen molar-refractivity contribution in [2.45, 2.75) is 234 Å². The first-order valence-corrected chi connectivity index (χ1v) is 31.1. The Balaban J connectivity index is 1.20. The molecule has 0 fully saturated rings. The number of H-pyrrole nitrogens is 1. The first kappa shape index (κ1) is 49.4. The van der Waals surface area contributed by atoms with E-state index in [-0.39, 0.29) is 0 Å². The molecule has 0 saturated heterocycles. The fourth-order valence-electron chi connectivity index (χ4n) is 11.0. The quantitative estimate of drug-likeness (QED) is 0.0428. The Bertz CT molecular complexity index is 2690. The zero-order valence-electron chi connectivity index (χ0n) is 41.3. The van der Waals surface area contributed by atoms with E-state index < -0.39 is 0 Å². The maximum atomic E-state index is 5.79. The van der Waals surface area contributed by atoms with E-state index in [2.05, 4.69) is 78.5 Å². The molecular formula is C56H82N4S5. The number of aryl methyl sites for hydroxylation is 2. The van der Waals surface area contributed by atoms with Gasteiger partial charge in [-0.1, -0.05) is 189 Å². The standard InChI is InChI=1S/C56H82N4S5/c1-7-13-17-19-21-23-25-27-29-33-40-37-61-55-48-53(63-51(40)55)43-45-46(59-65-58-45)44-49(47(43)57-48)60(36-39(12-6)32-16-10-4)50-54(44)64-52-41(34-30-28-26-24-22-20-18-14-8-2)42(62-56(50)52)35-38(11-5)31-15-9-3/h37-39,58H,7-36H2,1-6H3. The van der Waals surface area contributed by atoms with Crippen molar-refractivity contribution in [3.63, 3.8) is 0 Å². The summed E-state index contributed by atoms with van der Waals surface area (Å²) in [5.41, 5.74) is 10.9. The molecule has 7 heterocycles. The van der Waals surface area contributed by atoms with E-state index in [1.165, 1.54) is 261 Å². The van der Waals surface area contributed by atoms with Gasteiger partial charge >= 0.3 is 0 Å². The lowest BCUT2D eigenvalue weighted by molar-refractivity contribution is 0.401. The molecule has 8 aromatic rings. The molecule has 65 heavy (non-hydrogen) atoms. The molecule has 0 radical (unpaired) electrons. The molecule has 9 heteroatoms. The second kappa shape index (κ2) is 24.5. The van der Waals surface area contributed by atoms with E-state index in [1.54, 1.807) is 25.4 Å². The molecule has 0 saturated carbocycles. The third-order valence-electron chi connectivity index (χ3n) is 15.1. The minimum absolute atomic E-state index is 0.638. The molecule has 8 rings (SSSR count). The highest BCUT2D eigenvalue weighted by Gasteiger charge is 2.30. The van der Waals surface area contributed by atoms with Crippen LogP contribution in [0.1, 0.15) is 224 Å². The summed E-state index contributed by atoms with van der Waals surface area (Å²) in [7, 11) is 0. The van der Waals surface area contributed by atoms with Crippen molar-refractivity contribution in [2.75, 3.05) is 0 Å². The van der Waals surface area contributed by atoms with Gasteiger partial charge in [-0.25, -0.2) is 4.98 Å². The van der Waals surface area contributed by atoms with E-state index in [0.717, 1.165) is 12.5 Å². The number of hydrogen-bond acceptors (Lipinski definition) is 7. The number of nitrogens with one attached hydrogen (secondary N) is 1. The number of fused-ring (bicyclic) bond motifs is 14. The molecule has 1 N–H and O–H groups in total. The summed E-state index contributed by atoms with van der Waals surface area (Å²) in [5.74, 6) is 1.41. The van der Waals surface area contributed by atoms with Gasteiger partial charge in [-0.05, 0) is 66.9 Å². The van der Waals surface area contributed by atoms with Gasteiger partial charge in [-0.15, -0.1) is 45.3 Å². The number of unbranched alkanes of at least 4 members (excludes halogenated alkanes) is 18. The van der Waals surface area contributed by atoms with E-state index in [1.807, 2.05) is 22.7 Å². The monoisotopic (exact) mass is 971 g/mol. The minimum atomic E-state index is 0.638.